The van der Waals surface area contributed by atoms with Crippen molar-refractivity contribution in [3.63, 3.8) is 0 Å². The lowest BCUT2D eigenvalue weighted by molar-refractivity contribution is 0.119. The van der Waals surface area contributed by atoms with Crippen LogP contribution in [0.3, 0.4) is 0 Å². The molecule has 0 unspecified atom stereocenters. The van der Waals surface area contributed by atoms with Crippen molar-refractivity contribution in [2.45, 2.75) is 33.2 Å². The van der Waals surface area contributed by atoms with Crippen molar-refractivity contribution in [1.82, 2.24) is 4.90 Å². The maximum atomic E-state index is 5.86. The van der Waals surface area contributed by atoms with E-state index in [0.717, 1.165) is 32.7 Å². The first-order valence-corrected chi connectivity index (χ1v) is 7.21. The molecule has 0 saturated carbocycles. The van der Waals surface area contributed by atoms with Crippen LogP contribution in [0.15, 0.2) is 18.2 Å². The number of rotatable bonds is 3. The minimum absolute atomic E-state index is 0.120. The van der Waals surface area contributed by atoms with Gasteiger partial charge >= 0.3 is 0 Å². The van der Waals surface area contributed by atoms with Crippen molar-refractivity contribution < 1.29 is 0 Å². The average molecular weight is 261 g/mol. The van der Waals surface area contributed by atoms with E-state index in [4.69, 9.17) is 5.73 Å². The average Bonchev–Trinajstić information content (AvgIpc) is 2.42. The summed E-state index contributed by atoms with van der Waals surface area (Å²) in [4.78, 5) is 4.99. The van der Waals surface area contributed by atoms with Crippen molar-refractivity contribution in [2.75, 3.05) is 37.6 Å². The zero-order valence-corrected chi connectivity index (χ0v) is 12.7. The van der Waals surface area contributed by atoms with Gasteiger partial charge < -0.3 is 10.6 Å². The molecule has 0 bridgehead atoms. The van der Waals surface area contributed by atoms with Crippen molar-refractivity contribution in [2.24, 2.45) is 5.73 Å². The number of hydrogen-bond donors (Lipinski definition) is 1. The molecule has 0 radical (unpaired) electrons. The SMILES string of the molecule is Cc1ccc(N2CCN(C(C)(C)CN)CC2)cc1C. The summed E-state index contributed by atoms with van der Waals surface area (Å²) in [5, 5.41) is 0. The molecule has 1 aliphatic rings. The van der Waals surface area contributed by atoms with E-state index < -0.39 is 0 Å². The summed E-state index contributed by atoms with van der Waals surface area (Å²) in [5.74, 6) is 0. The van der Waals surface area contributed by atoms with Crippen LogP contribution in [0.1, 0.15) is 25.0 Å². The maximum absolute atomic E-state index is 5.86. The van der Waals surface area contributed by atoms with Crippen LogP contribution < -0.4 is 10.6 Å². The number of hydrogen-bond acceptors (Lipinski definition) is 3. The maximum Gasteiger partial charge on any atom is 0.0369 e. The van der Waals surface area contributed by atoms with Crippen molar-refractivity contribution in [3.8, 4) is 0 Å². The fourth-order valence-corrected chi connectivity index (χ4v) is 2.62. The van der Waals surface area contributed by atoms with E-state index in [-0.39, 0.29) is 5.54 Å². The smallest absolute Gasteiger partial charge is 0.0369 e. The van der Waals surface area contributed by atoms with Gasteiger partial charge in [-0.1, -0.05) is 6.07 Å². The zero-order valence-electron chi connectivity index (χ0n) is 12.7. The molecule has 3 heteroatoms. The quantitative estimate of drug-likeness (QED) is 0.905. The van der Waals surface area contributed by atoms with Gasteiger partial charge in [0.15, 0.2) is 0 Å². The summed E-state index contributed by atoms with van der Waals surface area (Å²) >= 11 is 0. The lowest BCUT2D eigenvalue weighted by Gasteiger charge is -2.44. The third-order valence-corrected chi connectivity index (χ3v) is 4.49. The molecule has 1 fully saturated rings. The zero-order chi connectivity index (χ0) is 14.0. The van der Waals surface area contributed by atoms with E-state index in [0.29, 0.717) is 0 Å². The third-order valence-electron chi connectivity index (χ3n) is 4.49. The molecule has 2 rings (SSSR count). The topological polar surface area (TPSA) is 32.5 Å². The van der Waals surface area contributed by atoms with Gasteiger partial charge in [-0.25, -0.2) is 0 Å². The van der Waals surface area contributed by atoms with Crippen LogP contribution in [0.4, 0.5) is 5.69 Å². The van der Waals surface area contributed by atoms with E-state index in [2.05, 4.69) is 55.7 Å². The predicted molar refractivity (Wildman–Crippen MR) is 82.8 cm³/mol. The van der Waals surface area contributed by atoms with Crippen LogP contribution in [-0.4, -0.2) is 43.2 Å². The second-order valence-corrected chi connectivity index (χ2v) is 6.26. The number of piperazine rings is 1. The Labute approximate surface area is 117 Å². The van der Waals surface area contributed by atoms with Crippen LogP contribution >= 0.6 is 0 Å². The molecular weight excluding hydrogens is 234 g/mol. The van der Waals surface area contributed by atoms with Crippen LogP contribution in [-0.2, 0) is 0 Å². The van der Waals surface area contributed by atoms with E-state index >= 15 is 0 Å². The Hall–Kier alpha value is -1.06. The summed E-state index contributed by atoms with van der Waals surface area (Å²) in [5.41, 5.74) is 10.1. The van der Waals surface area contributed by atoms with E-state index in [1.165, 1.54) is 16.8 Å². The van der Waals surface area contributed by atoms with Gasteiger partial charge in [0, 0.05) is 44.0 Å². The van der Waals surface area contributed by atoms with Gasteiger partial charge in [0.1, 0.15) is 0 Å². The molecular formula is C16H27N3. The van der Waals surface area contributed by atoms with Gasteiger partial charge in [0.05, 0.1) is 0 Å². The monoisotopic (exact) mass is 261 g/mol. The molecule has 1 aliphatic heterocycles. The Bertz CT molecular complexity index is 432. The Balaban J connectivity index is 2.02. The Morgan fingerprint density at radius 2 is 1.68 bits per heavy atom. The van der Waals surface area contributed by atoms with Crippen molar-refractivity contribution >= 4 is 5.69 Å². The van der Waals surface area contributed by atoms with Crippen LogP contribution in [0.2, 0.25) is 0 Å². The van der Waals surface area contributed by atoms with E-state index in [9.17, 15) is 0 Å². The Morgan fingerprint density at radius 3 is 2.21 bits per heavy atom. The number of nitrogens with two attached hydrogens (primary N) is 1. The van der Waals surface area contributed by atoms with Gasteiger partial charge in [-0.15, -0.1) is 0 Å². The fourth-order valence-electron chi connectivity index (χ4n) is 2.62. The summed E-state index contributed by atoms with van der Waals surface area (Å²) in [6, 6.07) is 6.77. The molecule has 1 saturated heterocycles. The first-order chi connectivity index (χ1) is 8.94. The summed E-state index contributed by atoms with van der Waals surface area (Å²) in [6.45, 7) is 13.9. The number of benzene rings is 1. The van der Waals surface area contributed by atoms with Crippen LogP contribution in [0, 0.1) is 13.8 Å². The summed E-state index contributed by atoms with van der Waals surface area (Å²) in [6.07, 6.45) is 0. The van der Waals surface area contributed by atoms with Crippen LogP contribution in [0.25, 0.3) is 0 Å². The highest BCUT2D eigenvalue weighted by atomic mass is 15.3. The number of anilines is 1. The second-order valence-electron chi connectivity index (χ2n) is 6.26. The molecule has 1 aromatic carbocycles. The minimum atomic E-state index is 0.120. The first-order valence-electron chi connectivity index (χ1n) is 7.21. The third kappa shape index (κ3) is 3.10. The normalized spacial score (nSPS) is 17.8. The van der Waals surface area contributed by atoms with E-state index in [1.807, 2.05) is 0 Å². The van der Waals surface area contributed by atoms with Gasteiger partial charge in [-0.05, 0) is 51.0 Å². The molecule has 106 valence electrons. The molecule has 1 aromatic rings. The minimum Gasteiger partial charge on any atom is -0.369 e. The highest BCUT2D eigenvalue weighted by molar-refractivity contribution is 5.51. The lowest BCUT2D eigenvalue weighted by atomic mass is 10.0. The first kappa shape index (κ1) is 14.4. The largest absolute Gasteiger partial charge is 0.369 e. The lowest BCUT2D eigenvalue weighted by Crippen LogP contribution is -2.57. The number of aryl methyl sites for hydroxylation is 2. The Morgan fingerprint density at radius 1 is 1.05 bits per heavy atom. The van der Waals surface area contributed by atoms with Crippen LogP contribution in [0.5, 0.6) is 0 Å². The molecule has 0 aliphatic carbocycles. The highest BCUT2D eigenvalue weighted by Crippen LogP contribution is 2.22. The van der Waals surface area contributed by atoms with Gasteiger partial charge in [-0.2, -0.15) is 0 Å². The predicted octanol–water partition coefficient (Wildman–Crippen LogP) is 2.16. The summed E-state index contributed by atoms with van der Waals surface area (Å²) < 4.78 is 0. The standard InChI is InChI=1S/C16H27N3/c1-13-5-6-15(11-14(13)2)18-7-9-19(10-8-18)16(3,4)12-17/h5-6,11H,7-10,12,17H2,1-4H3. The van der Waals surface area contributed by atoms with Crippen molar-refractivity contribution in [1.29, 1.82) is 0 Å². The molecule has 0 aromatic heterocycles. The van der Waals surface area contributed by atoms with E-state index in [1.54, 1.807) is 0 Å². The molecule has 3 nitrogen and oxygen atoms in total. The molecule has 0 atom stereocenters. The second kappa shape index (κ2) is 5.51. The molecule has 1 heterocycles. The molecule has 19 heavy (non-hydrogen) atoms. The highest BCUT2D eigenvalue weighted by Gasteiger charge is 2.28. The van der Waals surface area contributed by atoms with Gasteiger partial charge in [0.25, 0.3) is 0 Å². The Kier molecular flexibility index (Phi) is 4.16. The van der Waals surface area contributed by atoms with Crippen molar-refractivity contribution in [3.05, 3.63) is 29.3 Å². The van der Waals surface area contributed by atoms with Gasteiger partial charge in [-0.3, -0.25) is 4.90 Å². The molecule has 2 N–H and O–H groups in total. The fraction of sp³-hybridized carbons (Fsp3) is 0.625. The summed E-state index contributed by atoms with van der Waals surface area (Å²) in [7, 11) is 0. The molecule has 0 spiro atoms. The number of nitrogens with zero attached hydrogens (tertiary/aromatic N) is 2. The molecule has 0 amide bonds. The van der Waals surface area contributed by atoms with Gasteiger partial charge in [0.2, 0.25) is 0 Å².